The lowest BCUT2D eigenvalue weighted by Gasteiger charge is -2.30. The number of rotatable bonds is 6. The summed E-state index contributed by atoms with van der Waals surface area (Å²) in [4.78, 5) is 30.5. The lowest BCUT2D eigenvalue weighted by Crippen LogP contribution is -2.43. The van der Waals surface area contributed by atoms with Gasteiger partial charge in [-0.3, -0.25) is 14.5 Å². The van der Waals surface area contributed by atoms with Gasteiger partial charge in [-0.25, -0.2) is 0 Å². The van der Waals surface area contributed by atoms with E-state index in [9.17, 15) is 9.59 Å². The zero-order valence-corrected chi connectivity index (χ0v) is 19.3. The van der Waals surface area contributed by atoms with Crippen molar-refractivity contribution in [2.75, 3.05) is 26.3 Å². The van der Waals surface area contributed by atoms with E-state index in [0.29, 0.717) is 19.4 Å². The molecule has 0 spiro atoms. The van der Waals surface area contributed by atoms with Crippen LogP contribution in [0.15, 0.2) is 41.8 Å². The third-order valence-corrected chi connectivity index (χ3v) is 7.98. The highest BCUT2D eigenvalue weighted by atomic mass is 32.1. The number of Topliss-reactive ketones (excluding diaryl/α,β-unsaturated/α-hetero) is 1. The Morgan fingerprint density at radius 1 is 1.06 bits per heavy atom. The highest BCUT2D eigenvalue weighted by molar-refractivity contribution is 7.12. The van der Waals surface area contributed by atoms with Crippen LogP contribution >= 0.6 is 11.3 Å². The van der Waals surface area contributed by atoms with Crippen molar-refractivity contribution in [2.45, 2.75) is 51.2 Å². The molecule has 1 unspecified atom stereocenters. The van der Waals surface area contributed by atoms with Crippen molar-refractivity contribution in [3.63, 3.8) is 0 Å². The lowest BCUT2D eigenvalue weighted by molar-refractivity contribution is -0.124. The number of amides is 1. The van der Waals surface area contributed by atoms with Gasteiger partial charge >= 0.3 is 0 Å². The summed E-state index contributed by atoms with van der Waals surface area (Å²) in [6.45, 7) is 9.16. The van der Waals surface area contributed by atoms with E-state index in [-0.39, 0.29) is 17.7 Å². The fourth-order valence-electron chi connectivity index (χ4n) is 5.00. The van der Waals surface area contributed by atoms with Crippen molar-refractivity contribution in [3.05, 3.63) is 68.9 Å². The molecule has 1 aliphatic carbocycles. The van der Waals surface area contributed by atoms with Crippen LogP contribution in [0, 0.1) is 0 Å². The van der Waals surface area contributed by atoms with Gasteiger partial charge < -0.3 is 9.64 Å². The average molecular weight is 451 g/mol. The summed E-state index contributed by atoms with van der Waals surface area (Å²) >= 11 is 1.54. The van der Waals surface area contributed by atoms with E-state index in [4.69, 9.17) is 4.74 Å². The van der Waals surface area contributed by atoms with E-state index in [1.165, 1.54) is 28.0 Å². The first-order chi connectivity index (χ1) is 15.6. The van der Waals surface area contributed by atoms with Gasteiger partial charge in [0.2, 0.25) is 0 Å². The van der Waals surface area contributed by atoms with Crippen LogP contribution in [0.4, 0.5) is 0 Å². The minimum Gasteiger partial charge on any atom is -0.379 e. The number of carbonyl (C=O) groups excluding carboxylic acids is 2. The molecule has 168 valence electrons. The molecule has 2 aromatic rings. The van der Waals surface area contributed by atoms with Crippen LogP contribution in [-0.2, 0) is 35.5 Å². The molecule has 1 aromatic carbocycles. The van der Waals surface area contributed by atoms with Gasteiger partial charge in [0.05, 0.1) is 24.1 Å². The number of allylic oxidation sites excluding steroid dienone is 1. The van der Waals surface area contributed by atoms with E-state index >= 15 is 0 Å². The molecule has 5 rings (SSSR count). The Morgan fingerprint density at radius 3 is 2.56 bits per heavy atom. The minimum atomic E-state index is -0.278. The molecule has 3 aliphatic rings. The number of nitrogens with zero attached hydrogens (tertiary/aromatic N) is 2. The first-order valence-corrected chi connectivity index (χ1v) is 12.4. The quantitative estimate of drug-likeness (QED) is 0.625. The fourth-order valence-corrected chi connectivity index (χ4v) is 6.07. The fraction of sp³-hybridized carbons (Fsp3) is 0.462. The molecule has 2 aliphatic heterocycles. The SMILES string of the molecule is C=C1CCC(N2Cc3c(CCc4ccc(CN5CCOCC5)cc4)csc3C2=O)C(=O)C1. The Morgan fingerprint density at radius 2 is 1.81 bits per heavy atom. The van der Waals surface area contributed by atoms with Gasteiger partial charge in [-0.2, -0.15) is 0 Å². The molecule has 6 heteroatoms. The first-order valence-electron chi connectivity index (χ1n) is 11.6. The Labute approximate surface area is 193 Å². The Kier molecular flexibility index (Phi) is 6.26. The molecular weight excluding hydrogens is 420 g/mol. The number of ketones is 1. The second kappa shape index (κ2) is 9.30. The molecule has 1 saturated heterocycles. The van der Waals surface area contributed by atoms with Crippen LogP contribution in [-0.4, -0.2) is 53.8 Å². The maximum atomic E-state index is 13.0. The van der Waals surface area contributed by atoms with Crippen molar-refractivity contribution in [1.29, 1.82) is 0 Å². The standard InChI is InChI=1S/C26H30N2O3S/c1-18-2-9-23(24(29)14-18)28-16-22-21(17-32-25(22)26(28)30)8-7-19-3-5-20(6-4-19)15-27-10-12-31-13-11-27/h3-6,17,23H,1-2,7-16H2. The predicted octanol–water partition coefficient (Wildman–Crippen LogP) is 4.00. The number of hydrogen-bond donors (Lipinski definition) is 0. The number of morpholine rings is 1. The summed E-state index contributed by atoms with van der Waals surface area (Å²) in [5.41, 5.74) is 6.04. The van der Waals surface area contributed by atoms with Crippen molar-refractivity contribution >= 4 is 23.0 Å². The Balaban J connectivity index is 1.19. The first kappa shape index (κ1) is 21.6. The van der Waals surface area contributed by atoms with Gasteiger partial charge in [0.25, 0.3) is 5.91 Å². The number of thiophene rings is 1. The number of hydrogen-bond acceptors (Lipinski definition) is 5. The molecule has 2 fully saturated rings. The number of aryl methyl sites for hydroxylation is 2. The molecule has 1 amide bonds. The normalized spacial score (nSPS) is 21.9. The maximum Gasteiger partial charge on any atom is 0.265 e. The predicted molar refractivity (Wildman–Crippen MR) is 126 cm³/mol. The number of carbonyl (C=O) groups is 2. The Hall–Kier alpha value is -2.28. The second-order valence-electron chi connectivity index (χ2n) is 9.15. The molecule has 1 saturated carbocycles. The van der Waals surface area contributed by atoms with Crippen LogP contribution in [0.5, 0.6) is 0 Å². The molecule has 0 bridgehead atoms. The molecule has 1 aromatic heterocycles. The van der Waals surface area contributed by atoms with Gasteiger partial charge in [0, 0.05) is 32.6 Å². The van der Waals surface area contributed by atoms with Gasteiger partial charge in [-0.05, 0) is 53.3 Å². The number of ether oxygens (including phenoxy) is 1. The van der Waals surface area contributed by atoms with E-state index in [1.54, 1.807) is 4.90 Å². The third-order valence-electron chi connectivity index (χ3n) is 6.92. The van der Waals surface area contributed by atoms with Crippen molar-refractivity contribution < 1.29 is 14.3 Å². The van der Waals surface area contributed by atoms with E-state index < -0.39 is 0 Å². The summed E-state index contributed by atoms with van der Waals surface area (Å²) < 4.78 is 5.43. The van der Waals surface area contributed by atoms with Crippen LogP contribution < -0.4 is 0 Å². The van der Waals surface area contributed by atoms with Crippen LogP contribution in [0.25, 0.3) is 0 Å². The summed E-state index contributed by atoms with van der Waals surface area (Å²) in [5, 5.41) is 2.14. The number of fused-ring (bicyclic) bond motifs is 1. The zero-order valence-electron chi connectivity index (χ0n) is 18.5. The van der Waals surface area contributed by atoms with Crippen molar-refractivity contribution in [3.8, 4) is 0 Å². The molecule has 3 heterocycles. The lowest BCUT2D eigenvalue weighted by atomic mass is 9.89. The molecule has 0 N–H and O–H groups in total. The molecule has 32 heavy (non-hydrogen) atoms. The monoisotopic (exact) mass is 450 g/mol. The smallest absolute Gasteiger partial charge is 0.265 e. The van der Waals surface area contributed by atoms with Crippen molar-refractivity contribution in [1.82, 2.24) is 9.80 Å². The van der Waals surface area contributed by atoms with Gasteiger partial charge in [0.1, 0.15) is 0 Å². The molecule has 0 radical (unpaired) electrons. The average Bonchev–Trinajstić information content (AvgIpc) is 3.34. The van der Waals surface area contributed by atoms with Gasteiger partial charge in [-0.1, -0.05) is 36.4 Å². The summed E-state index contributed by atoms with van der Waals surface area (Å²) in [6.07, 6.45) is 3.84. The maximum absolute atomic E-state index is 13.0. The van der Waals surface area contributed by atoms with Crippen LogP contribution in [0.2, 0.25) is 0 Å². The van der Waals surface area contributed by atoms with Crippen LogP contribution in [0.3, 0.4) is 0 Å². The molecule has 5 nitrogen and oxygen atoms in total. The summed E-state index contributed by atoms with van der Waals surface area (Å²) in [7, 11) is 0. The molecular formula is C26H30N2O3S. The van der Waals surface area contributed by atoms with E-state index in [1.807, 2.05) is 0 Å². The van der Waals surface area contributed by atoms with Crippen LogP contribution in [0.1, 0.15) is 51.2 Å². The number of benzene rings is 1. The van der Waals surface area contributed by atoms with E-state index in [2.05, 4.69) is 41.1 Å². The highest BCUT2D eigenvalue weighted by Gasteiger charge is 2.39. The van der Waals surface area contributed by atoms with Crippen molar-refractivity contribution in [2.24, 2.45) is 0 Å². The van der Waals surface area contributed by atoms with Gasteiger partial charge in [0.15, 0.2) is 5.78 Å². The largest absolute Gasteiger partial charge is 0.379 e. The summed E-state index contributed by atoms with van der Waals surface area (Å²) in [6, 6.07) is 8.65. The van der Waals surface area contributed by atoms with E-state index in [0.717, 1.165) is 68.1 Å². The zero-order chi connectivity index (χ0) is 22.1. The minimum absolute atomic E-state index is 0.0366. The molecule has 1 atom stereocenters. The second-order valence-corrected chi connectivity index (χ2v) is 10.0. The van der Waals surface area contributed by atoms with Gasteiger partial charge in [-0.15, -0.1) is 11.3 Å². The topological polar surface area (TPSA) is 49.9 Å². The third kappa shape index (κ3) is 4.45. The summed E-state index contributed by atoms with van der Waals surface area (Å²) in [5.74, 6) is 0.179. The Bertz CT molecular complexity index is 1020. The highest BCUT2D eigenvalue weighted by Crippen LogP contribution is 2.36.